The quantitative estimate of drug-likeness (QED) is 0.606. The molecule has 0 amide bonds. The van der Waals surface area contributed by atoms with E-state index in [-0.39, 0.29) is 11.4 Å². The highest BCUT2D eigenvalue weighted by atomic mass is 19.1. The molecule has 1 aliphatic carbocycles. The highest BCUT2D eigenvalue weighted by molar-refractivity contribution is 5.87. The van der Waals surface area contributed by atoms with Crippen LogP contribution in [0.25, 0.3) is 16.7 Å². The molecule has 2 aromatic carbocycles. The first-order chi connectivity index (χ1) is 12.8. The molecule has 5 rings (SSSR count). The minimum Gasteiger partial charge on any atom is -0.360 e. The molecular formula is C20H16FN5. The second-order valence-electron chi connectivity index (χ2n) is 6.57. The summed E-state index contributed by atoms with van der Waals surface area (Å²) in [4.78, 5) is 8.79. The van der Waals surface area contributed by atoms with Crippen molar-refractivity contribution in [2.45, 2.75) is 18.4 Å². The fourth-order valence-electron chi connectivity index (χ4n) is 3.34. The van der Waals surface area contributed by atoms with Crippen molar-refractivity contribution in [1.29, 1.82) is 0 Å². The molecule has 6 heteroatoms. The first kappa shape index (κ1) is 15.0. The van der Waals surface area contributed by atoms with Crippen LogP contribution in [0.3, 0.4) is 0 Å². The normalized spacial score (nSPS) is 15.1. The Balaban J connectivity index is 1.56. The number of hydrogen-bond acceptors (Lipinski definition) is 4. The molecule has 128 valence electrons. The van der Waals surface area contributed by atoms with Crippen molar-refractivity contribution >= 4 is 16.9 Å². The average molecular weight is 345 g/mol. The van der Waals surface area contributed by atoms with Crippen molar-refractivity contribution < 1.29 is 4.39 Å². The van der Waals surface area contributed by atoms with Gasteiger partial charge in [-0.3, -0.25) is 0 Å². The smallest absolute Gasteiger partial charge is 0.168 e. The number of halogens is 1. The lowest BCUT2D eigenvalue weighted by molar-refractivity contribution is 0.625. The van der Waals surface area contributed by atoms with Crippen LogP contribution in [-0.2, 0) is 5.54 Å². The van der Waals surface area contributed by atoms with E-state index >= 15 is 0 Å². The van der Waals surface area contributed by atoms with Gasteiger partial charge < -0.3 is 5.32 Å². The fraction of sp³-hybridized carbons (Fsp3) is 0.150. The SMILES string of the molecule is Fc1cccc(-n2ncc3c(NC4(c5ccccc5)CC4)ncnc32)c1. The molecule has 4 aromatic rings. The van der Waals surface area contributed by atoms with Crippen molar-refractivity contribution in [3.8, 4) is 5.69 Å². The molecule has 5 nitrogen and oxygen atoms in total. The van der Waals surface area contributed by atoms with E-state index in [1.54, 1.807) is 23.0 Å². The van der Waals surface area contributed by atoms with Crippen LogP contribution in [0.15, 0.2) is 67.1 Å². The Morgan fingerprint density at radius 2 is 1.85 bits per heavy atom. The van der Waals surface area contributed by atoms with Gasteiger partial charge >= 0.3 is 0 Å². The lowest BCUT2D eigenvalue weighted by atomic mass is 10.1. The molecule has 0 saturated heterocycles. The summed E-state index contributed by atoms with van der Waals surface area (Å²) in [5, 5.41) is 8.80. The Morgan fingerprint density at radius 3 is 2.62 bits per heavy atom. The molecule has 0 spiro atoms. The van der Waals surface area contributed by atoms with Crippen molar-refractivity contribution in [2.75, 3.05) is 5.32 Å². The second-order valence-corrected chi connectivity index (χ2v) is 6.57. The fourth-order valence-corrected chi connectivity index (χ4v) is 3.34. The van der Waals surface area contributed by atoms with Gasteiger partial charge in [-0.1, -0.05) is 36.4 Å². The Labute approximate surface area is 149 Å². The highest BCUT2D eigenvalue weighted by Gasteiger charge is 2.44. The topological polar surface area (TPSA) is 55.6 Å². The maximum Gasteiger partial charge on any atom is 0.168 e. The maximum atomic E-state index is 13.6. The zero-order valence-corrected chi connectivity index (χ0v) is 13.9. The van der Waals surface area contributed by atoms with E-state index in [2.05, 4.69) is 44.6 Å². The lowest BCUT2D eigenvalue weighted by Crippen LogP contribution is -2.19. The monoisotopic (exact) mass is 345 g/mol. The van der Waals surface area contributed by atoms with Gasteiger partial charge in [-0.25, -0.2) is 19.0 Å². The summed E-state index contributed by atoms with van der Waals surface area (Å²) < 4.78 is 15.2. The highest BCUT2D eigenvalue weighted by Crippen LogP contribution is 2.48. The number of fused-ring (bicyclic) bond motifs is 1. The summed E-state index contributed by atoms with van der Waals surface area (Å²) in [5.74, 6) is 0.443. The molecule has 26 heavy (non-hydrogen) atoms. The Hall–Kier alpha value is -3.28. The van der Waals surface area contributed by atoms with Gasteiger partial charge in [0.15, 0.2) is 5.65 Å². The molecule has 1 fully saturated rings. The van der Waals surface area contributed by atoms with E-state index in [0.717, 1.165) is 24.0 Å². The van der Waals surface area contributed by atoms with Gasteiger partial charge in [0.2, 0.25) is 0 Å². The van der Waals surface area contributed by atoms with E-state index in [0.29, 0.717) is 11.3 Å². The standard InChI is InChI=1S/C20H16FN5/c21-15-7-4-8-16(11-15)26-19-17(12-24-26)18(22-13-23-19)25-20(9-10-20)14-5-2-1-3-6-14/h1-8,11-13H,9-10H2,(H,22,23,25). The molecule has 0 radical (unpaired) electrons. The zero-order valence-electron chi connectivity index (χ0n) is 13.9. The summed E-state index contributed by atoms with van der Waals surface area (Å²) in [6.07, 6.45) is 5.36. The summed E-state index contributed by atoms with van der Waals surface area (Å²) in [7, 11) is 0. The minimum atomic E-state index is -0.306. The molecule has 2 heterocycles. The molecule has 0 bridgehead atoms. The molecule has 0 atom stereocenters. The van der Waals surface area contributed by atoms with Crippen LogP contribution in [0.4, 0.5) is 10.2 Å². The van der Waals surface area contributed by atoms with Gasteiger partial charge in [-0.15, -0.1) is 0 Å². The number of benzene rings is 2. The van der Waals surface area contributed by atoms with Crippen LogP contribution < -0.4 is 5.32 Å². The lowest BCUT2D eigenvalue weighted by Gasteiger charge is -2.18. The Kier molecular flexibility index (Phi) is 3.25. The minimum absolute atomic E-state index is 0.0799. The van der Waals surface area contributed by atoms with Crippen LogP contribution >= 0.6 is 0 Å². The van der Waals surface area contributed by atoms with Gasteiger partial charge in [-0.2, -0.15) is 5.10 Å². The average Bonchev–Trinajstić information content (AvgIpc) is 3.32. The number of nitrogens with zero attached hydrogens (tertiary/aromatic N) is 4. The van der Waals surface area contributed by atoms with Gasteiger partial charge in [0.05, 0.1) is 22.8 Å². The number of hydrogen-bond donors (Lipinski definition) is 1. The molecule has 1 saturated carbocycles. The summed E-state index contributed by atoms with van der Waals surface area (Å²) in [5.41, 5.74) is 2.46. The van der Waals surface area contributed by atoms with Crippen molar-refractivity contribution in [1.82, 2.24) is 19.7 Å². The van der Waals surface area contributed by atoms with Gasteiger partial charge in [0, 0.05) is 0 Å². The number of rotatable bonds is 4. The molecular weight excluding hydrogens is 329 g/mol. The molecule has 1 N–H and O–H groups in total. The summed E-state index contributed by atoms with van der Waals surface area (Å²) in [6, 6.07) is 16.7. The van der Waals surface area contributed by atoms with E-state index < -0.39 is 0 Å². The number of nitrogens with one attached hydrogen (secondary N) is 1. The van der Waals surface area contributed by atoms with Gasteiger partial charge in [0.1, 0.15) is 18.0 Å². The molecule has 0 unspecified atom stereocenters. The van der Waals surface area contributed by atoms with Crippen LogP contribution in [0.1, 0.15) is 18.4 Å². The molecule has 0 aliphatic heterocycles. The first-order valence-electron chi connectivity index (χ1n) is 8.54. The van der Waals surface area contributed by atoms with Gasteiger partial charge in [-0.05, 0) is 36.6 Å². The van der Waals surface area contributed by atoms with Crippen LogP contribution in [0.5, 0.6) is 0 Å². The predicted molar refractivity (Wildman–Crippen MR) is 97.6 cm³/mol. The number of aromatic nitrogens is 4. The predicted octanol–water partition coefficient (Wildman–Crippen LogP) is 4.06. The van der Waals surface area contributed by atoms with Crippen LogP contribution in [-0.4, -0.2) is 19.7 Å². The van der Waals surface area contributed by atoms with Crippen LogP contribution in [0, 0.1) is 5.82 Å². The first-order valence-corrected chi connectivity index (χ1v) is 8.54. The molecule has 1 aliphatic rings. The summed E-state index contributed by atoms with van der Waals surface area (Å²) >= 11 is 0. The Morgan fingerprint density at radius 1 is 1.00 bits per heavy atom. The third-order valence-corrected chi connectivity index (χ3v) is 4.85. The third kappa shape index (κ3) is 2.42. The van der Waals surface area contributed by atoms with Crippen LogP contribution in [0.2, 0.25) is 0 Å². The van der Waals surface area contributed by atoms with E-state index in [1.807, 2.05) is 6.07 Å². The van der Waals surface area contributed by atoms with E-state index in [4.69, 9.17) is 0 Å². The van der Waals surface area contributed by atoms with Crippen molar-refractivity contribution in [2.24, 2.45) is 0 Å². The second kappa shape index (κ2) is 5.62. The maximum absolute atomic E-state index is 13.6. The van der Waals surface area contributed by atoms with Crippen molar-refractivity contribution in [3.63, 3.8) is 0 Å². The largest absolute Gasteiger partial charge is 0.360 e. The van der Waals surface area contributed by atoms with E-state index in [1.165, 1.54) is 24.0 Å². The third-order valence-electron chi connectivity index (χ3n) is 4.85. The number of anilines is 1. The zero-order chi connectivity index (χ0) is 17.6. The van der Waals surface area contributed by atoms with E-state index in [9.17, 15) is 4.39 Å². The van der Waals surface area contributed by atoms with Gasteiger partial charge in [0.25, 0.3) is 0 Å². The summed E-state index contributed by atoms with van der Waals surface area (Å²) in [6.45, 7) is 0. The van der Waals surface area contributed by atoms with Crippen molar-refractivity contribution in [3.05, 3.63) is 78.5 Å². The molecule has 2 aromatic heterocycles. The Bertz CT molecular complexity index is 1090.